The maximum absolute atomic E-state index is 9.52. The van der Waals surface area contributed by atoms with Crippen molar-refractivity contribution in [2.24, 2.45) is 5.92 Å². The minimum absolute atomic E-state index is 0.231. The zero-order chi connectivity index (χ0) is 8.10. The van der Waals surface area contributed by atoms with Gasteiger partial charge in [0.2, 0.25) is 0 Å². The summed E-state index contributed by atoms with van der Waals surface area (Å²) in [5.41, 5.74) is 0. The fourth-order valence-corrected chi connectivity index (χ4v) is 2.41. The molecule has 2 nitrogen and oxygen atoms in total. The summed E-state index contributed by atoms with van der Waals surface area (Å²) in [4.78, 5) is 0. The van der Waals surface area contributed by atoms with Crippen LogP contribution in [0.5, 0.6) is 0 Å². The van der Waals surface area contributed by atoms with Crippen LogP contribution in [0.1, 0.15) is 19.3 Å². The van der Waals surface area contributed by atoms with Gasteiger partial charge in [-0.05, 0) is 30.3 Å². The van der Waals surface area contributed by atoms with E-state index < -0.39 is 0 Å². The number of hydrogen-bond donors (Lipinski definition) is 1. The van der Waals surface area contributed by atoms with Crippen LogP contribution >= 0.6 is 11.8 Å². The molecule has 0 aromatic rings. The minimum Gasteiger partial charge on any atom is -0.393 e. The highest BCUT2D eigenvalue weighted by molar-refractivity contribution is 7.99. The van der Waals surface area contributed by atoms with E-state index in [0.29, 0.717) is 6.42 Å². The summed E-state index contributed by atoms with van der Waals surface area (Å²) in [7, 11) is 0. The molecule has 1 aliphatic heterocycles. The zero-order valence-corrected chi connectivity index (χ0v) is 7.31. The van der Waals surface area contributed by atoms with Crippen molar-refractivity contribution in [1.29, 1.82) is 5.26 Å². The van der Waals surface area contributed by atoms with Gasteiger partial charge in [0.05, 0.1) is 12.2 Å². The number of rotatable bonds is 1. The SMILES string of the molecule is N#CCC1CCSCCC1O. The molecule has 0 aromatic heterocycles. The van der Waals surface area contributed by atoms with Gasteiger partial charge in [0.1, 0.15) is 0 Å². The quantitative estimate of drug-likeness (QED) is 0.648. The Balaban J connectivity index is 2.40. The normalized spacial score (nSPS) is 32.4. The monoisotopic (exact) mass is 171 g/mol. The third-order valence-electron chi connectivity index (χ3n) is 2.09. The van der Waals surface area contributed by atoms with Crippen molar-refractivity contribution in [1.82, 2.24) is 0 Å². The lowest BCUT2D eigenvalue weighted by molar-refractivity contribution is 0.107. The van der Waals surface area contributed by atoms with Gasteiger partial charge in [0.25, 0.3) is 0 Å². The first-order valence-electron chi connectivity index (χ1n) is 3.97. The van der Waals surface area contributed by atoms with E-state index in [0.717, 1.165) is 24.3 Å². The van der Waals surface area contributed by atoms with Gasteiger partial charge in [0, 0.05) is 6.42 Å². The van der Waals surface area contributed by atoms with Gasteiger partial charge in [0.15, 0.2) is 0 Å². The molecular weight excluding hydrogens is 158 g/mol. The Labute approximate surface area is 71.6 Å². The van der Waals surface area contributed by atoms with Crippen LogP contribution in [0.2, 0.25) is 0 Å². The largest absolute Gasteiger partial charge is 0.393 e. The summed E-state index contributed by atoms with van der Waals surface area (Å²) in [5.74, 6) is 2.38. The molecule has 0 bridgehead atoms. The maximum Gasteiger partial charge on any atom is 0.0625 e. The Morgan fingerprint density at radius 2 is 2.18 bits per heavy atom. The van der Waals surface area contributed by atoms with Crippen LogP contribution in [0.25, 0.3) is 0 Å². The highest BCUT2D eigenvalue weighted by Gasteiger charge is 2.20. The van der Waals surface area contributed by atoms with Gasteiger partial charge in [-0.25, -0.2) is 0 Å². The molecule has 0 aliphatic carbocycles. The summed E-state index contributed by atoms with van der Waals surface area (Å²) in [5, 5.41) is 18.0. The average molecular weight is 171 g/mol. The molecule has 0 spiro atoms. The molecule has 0 aromatic carbocycles. The van der Waals surface area contributed by atoms with E-state index in [1.54, 1.807) is 0 Å². The molecule has 1 fully saturated rings. The van der Waals surface area contributed by atoms with Gasteiger partial charge in [-0.3, -0.25) is 0 Å². The molecule has 0 amide bonds. The lowest BCUT2D eigenvalue weighted by Crippen LogP contribution is -2.19. The van der Waals surface area contributed by atoms with E-state index in [2.05, 4.69) is 6.07 Å². The Morgan fingerprint density at radius 3 is 2.91 bits per heavy atom. The number of aliphatic hydroxyl groups is 1. The van der Waals surface area contributed by atoms with E-state index >= 15 is 0 Å². The summed E-state index contributed by atoms with van der Waals surface area (Å²) in [6, 6.07) is 2.13. The Kier molecular flexibility index (Phi) is 3.74. The lowest BCUT2D eigenvalue weighted by atomic mass is 9.95. The average Bonchev–Trinajstić information content (AvgIpc) is 2.18. The number of thioether (sulfide) groups is 1. The fourth-order valence-electron chi connectivity index (χ4n) is 1.32. The second-order valence-corrected chi connectivity index (χ2v) is 4.10. The molecule has 62 valence electrons. The first-order chi connectivity index (χ1) is 5.34. The van der Waals surface area contributed by atoms with Crippen molar-refractivity contribution >= 4 is 11.8 Å². The van der Waals surface area contributed by atoms with Crippen LogP contribution in [0.3, 0.4) is 0 Å². The standard InChI is InChI=1S/C8H13NOS/c9-4-1-7-2-5-11-6-3-8(7)10/h7-8,10H,1-3,5-6H2. The molecule has 0 saturated carbocycles. The Bertz CT molecular complexity index is 155. The molecule has 11 heavy (non-hydrogen) atoms. The van der Waals surface area contributed by atoms with E-state index in [1.807, 2.05) is 11.8 Å². The first kappa shape index (κ1) is 8.89. The summed E-state index contributed by atoms with van der Waals surface area (Å²) in [6.07, 6.45) is 2.14. The van der Waals surface area contributed by atoms with Gasteiger partial charge < -0.3 is 5.11 Å². The predicted molar refractivity (Wildman–Crippen MR) is 46.3 cm³/mol. The van der Waals surface area contributed by atoms with Crippen molar-refractivity contribution in [2.45, 2.75) is 25.4 Å². The Hall–Kier alpha value is -0.200. The van der Waals surface area contributed by atoms with Crippen molar-refractivity contribution in [3.63, 3.8) is 0 Å². The maximum atomic E-state index is 9.52. The minimum atomic E-state index is -0.232. The smallest absolute Gasteiger partial charge is 0.0625 e. The van der Waals surface area contributed by atoms with Crippen LogP contribution in [0, 0.1) is 17.2 Å². The lowest BCUT2D eigenvalue weighted by Gasteiger charge is -2.15. The van der Waals surface area contributed by atoms with E-state index in [-0.39, 0.29) is 12.0 Å². The summed E-state index contributed by atoms with van der Waals surface area (Å²) < 4.78 is 0. The number of nitrogens with zero attached hydrogens (tertiary/aromatic N) is 1. The predicted octanol–water partition coefficient (Wildman–Crippen LogP) is 1.40. The molecule has 1 rings (SSSR count). The van der Waals surface area contributed by atoms with Gasteiger partial charge >= 0.3 is 0 Å². The summed E-state index contributed by atoms with van der Waals surface area (Å²) in [6.45, 7) is 0. The van der Waals surface area contributed by atoms with Crippen molar-refractivity contribution in [2.75, 3.05) is 11.5 Å². The van der Waals surface area contributed by atoms with Crippen molar-refractivity contribution in [3.8, 4) is 6.07 Å². The zero-order valence-electron chi connectivity index (χ0n) is 6.49. The van der Waals surface area contributed by atoms with E-state index in [9.17, 15) is 5.11 Å². The molecular formula is C8H13NOS. The van der Waals surface area contributed by atoms with Gasteiger partial charge in [-0.15, -0.1) is 0 Å². The molecule has 2 unspecified atom stereocenters. The Morgan fingerprint density at radius 1 is 1.45 bits per heavy atom. The second-order valence-electron chi connectivity index (χ2n) is 2.88. The van der Waals surface area contributed by atoms with Crippen LogP contribution in [0.15, 0.2) is 0 Å². The molecule has 1 heterocycles. The third kappa shape index (κ3) is 2.72. The van der Waals surface area contributed by atoms with Crippen LogP contribution in [-0.2, 0) is 0 Å². The van der Waals surface area contributed by atoms with Gasteiger partial charge in [-0.2, -0.15) is 17.0 Å². The highest BCUT2D eigenvalue weighted by Crippen LogP contribution is 2.24. The molecule has 1 saturated heterocycles. The molecule has 2 atom stereocenters. The fraction of sp³-hybridized carbons (Fsp3) is 0.875. The number of hydrogen-bond acceptors (Lipinski definition) is 3. The third-order valence-corrected chi connectivity index (χ3v) is 3.14. The molecule has 1 N–H and O–H groups in total. The van der Waals surface area contributed by atoms with Crippen molar-refractivity contribution in [3.05, 3.63) is 0 Å². The van der Waals surface area contributed by atoms with Crippen LogP contribution in [0.4, 0.5) is 0 Å². The van der Waals surface area contributed by atoms with Crippen molar-refractivity contribution < 1.29 is 5.11 Å². The second kappa shape index (κ2) is 4.63. The van der Waals surface area contributed by atoms with Crippen LogP contribution < -0.4 is 0 Å². The van der Waals surface area contributed by atoms with E-state index in [1.165, 1.54) is 0 Å². The number of aliphatic hydroxyl groups excluding tert-OH is 1. The first-order valence-corrected chi connectivity index (χ1v) is 5.13. The number of nitriles is 1. The van der Waals surface area contributed by atoms with E-state index in [4.69, 9.17) is 5.26 Å². The molecule has 1 aliphatic rings. The summed E-state index contributed by atoms with van der Waals surface area (Å²) >= 11 is 1.88. The molecule has 3 heteroatoms. The van der Waals surface area contributed by atoms with Gasteiger partial charge in [-0.1, -0.05) is 0 Å². The highest BCUT2D eigenvalue weighted by atomic mass is 32.2. The topological polar surface area (TPSA) is 44.0 Å². The van der Waals surface area contributed by atoms with Crippen LogP contribution in [-0.4, -0.2) is 22.7 Å². The molecule has 0 radical (unpaired) electrons.